The van der Waals surface area contributed by atoms with Crippen LogP contribution in [0.2, 0.25) is 0 Å². The molecule has 0 saturated heterocycles. The number of amides is 4. The van der Waals surface area contributed by atoms with Crippen LogP contribution in [0.3, 0.4) is 0 Å². The van der Waals surface area contributed by atoms with Crippen molar-refractivity contribution in [2.75, 3.05) is 39.8 Å². The molecule has 0 saturated carbocycles. The van der Waals surface area contributed by atoms with Crippen LogP contribution < -0.4 is 26.6 Å². The third kappa shape index (κ3) is 11.6. The SMILES string of the molecule is CNCC(=O)NCC(=O)NCC(=O)NCC(=O)NCC(C)C. The van der Waals surface area contributed by atoms with E-state index < -0.39 is 11.8 Å². The Bertz CT molecular complexity index is 398. The zero-order valence-electron chi connectivity index (χ0n) is 13.2. The summed E-state index contributed by atoms with van der Waals surface area (Å²) in [6.07, 6.45) is 0. The molecular weight excluding hydrogens is 290 g/mol. The van der Waals surface area contributed by atoms with Crippen molar-refractivity contribution in [1.29, 1.82) is 0 Å². The first kappa shape index (κ1) is 19.8. The molecule has 4 amide bonds. The Morgan fingerprint density at radius 2 is 1.05 bits per heavy atom. The molecule has 126 valence electrons. The monoisotopic (exact) mass is 315 g/mol. The molecule has 0 bridgehead atoms. The Labute approximate surface area is 130 Å². The molecule has 9 heteroatoms. The molecule has 0 aromatic heterocycles. The Morgan fingerprint density at radius 3 is 1.41 bits per heavy atom. The van der Waals surface area contributed by atoms with Gasteiger partial charge in [-0.25, -0.2) is 0 Å². The molecule has 0 unspecified atom stereocenters. The summed E-state index contributed by atoms with van der Waals surface area (Å²) in [6.45, 7) is 3.98. The van der Waals surface area contributed by atoms with Crippen LogP contribution in [0, 0.1) is 5.92 Å². The molecule has 0 aromatic carbocycles. The summed E-state index contributed by atoms with van der Waals surface area (Å²) in [5.74, 6) is -1.23. The van der Waals surface area contributed by atoms with Gasteiger partial charge in [0.2, 0.25) is 23.6 Å². The van der Waals surface area contributed by atoms with Crippen molar-refractivity contribution in [2.45, 2.75) is 13.8 Å². The van der Waals surface area contributed by atoms with Crippen molar-refractivity contribution in [1.82, 2.24) is 26.6 Å². The highest BCUT2D eigenvalue weighted by Crippen LogP contribution is 1.86. The fraction of sp³-hybridized carbons (Fsp3) is 0.692. The minimum atomic E-state index is -0.483. The first-order valence-electron chi connectivity index (χ1n) is 7.06. The van der Waals surface area contributed by atoms with E-state index in [0.717, 1.165) is 0 Å². The maximum Gasteiger partial charge on any atom is 0.239 e. The molecule has 5 N–H and O–H groups in total. The molecule has 0 fully saturated rings. The van der Waals surface area contributed by atoms with Crippen LogP contribution in [-0.2, 0) is 19.2 Å². The van der Waals surface area contributed by atoms with Gasteiger partial charge in [-0.1, -0.05) is 13.8 Å². The predicted octanol–water partition coefficient (Wildman–Crippen LogP) is -2.67. The number of hydrogen-bond acceptors (Lipinski definition) is 5. The Morgan fingerprint density at radius 1 is 0.682 bits per heavy atom. The van der Waals surface area contributed by atoms with Crippen molar-refractivity contribution in [2.24, 2.45) is 5.92 Å². The fourth-order valence-electron chi connectivity index (χ4n) is 1.27. The van der Waals surface area contributed by atoms with Crippen molar-refractivity contribution < 1.29 is 19.2 Å². The molecule has 0 atom stereocenters. The van der Waals surface area contributed by atoms with E-state index in [-0.39, 0.29) is 38.0 Å². The lowest BCUT2D eigenvalue weighted by atomic mass is 10.2. The van der Waals surface area contributed by atoms with Gasteiger partial charge in [-0.05, 0) is 13.0 Å². The van der Waals surface area contributed by atoms with Crippen molar-refractivity contribution >= 4 is 23.6 Å². The largest absolute Gasteiger partial charge is 0.354 e. The predicted molar refractivity (Wildman–Crippen MR) is 80.8 cm³/mol. The second-order valence-corrected chi connectivity index (χ2v) is 5.06. The van der Waals surface area contributed by atoms with E-state index in [1.807, 2.05) is 13.8 Å². The second-order valence-electron chi connectivity index (χ2n) is 5.06. The number of likely N-dealkylation sites (N-methyl/N-ethyl adjacent to an activating group) is 1. The van der Waals surface area contributed by atoms with Crippen LogP contribution in [0.15, 0.2) is 0 Å². The van der Waals surface area contributed by atoms with Gasteiger partial charge >= 0.3 is 0 Å². The zero-order valence-corrected chi connectivity index (χ0v) is 13.2. The van der Waals surface area contributed by atoms with Gasteiger partial charge in [-0.2, -0.15) is 0 Å². The maximum absolute atomic E-state index is 11.4. The first-order chi connectivity index (χ1) is 10.3. The van der Waals surface area contributed by atoms with Gasteiger partial charge in [-0.3, -0.25) is 19.2 Å². The van der Waals surface area contributed by atoms with E-state index in [0.29, 0.717) is 12.5 Å². The van der Waals surface area contributed by atoms with Crippen molar-refractivity contribution in [3.8, 4) is 0 Å². The number of carbonyl (C=O) groups is 4. The Hall–Kier alpha value is -2.16. The van der Waals surface area contributed by atoms with Gasteiger partial charge in [0, 0.05) is 6.54 Å². The highest BCUT2D eigenvalue weighted by Gasteiger charge is 2.08. The maximum atomic E-state index is 11.4. The highest BCUT2D eigenvalue weighted by molar-refractivity contribution is 5.90. The molecule has 0 aliphatic carbocycles. The second kappa shape index (κ2) is 11.5. The summed E-state index contributed by atoms with van der Waals surface area (Å²) in [5, 5.41) is 12.4. The van der Waals surface area contributed by atoms with Crippen molar-refractivity contribution in [3.05, 3.63) is 0 Å². The number of carbonyl (C=O) groups excluding carboxylic acids is 4. The first-order valence-corrected chi connectivity index (χ1v) is 7.06. The summed E-state index contributed by atoms with van der Waals surface area (Å²) in [7, 11) is 1.61. The van der Waals surface area contributed by atoms with Crippen LogP contribution in [0.5, 0.6) is 0 Å². The lowest BCUT2D eigenvalue weighted by Gasteiger charge is -2.09. The topological polar surface area (TPSA) is 128 Å². The van der Waals surface area contributed by atoms with Crippen molar-refractivity contribution in [3.63, 3.8) is 0 Å². The van der Waals surface area contributed by atoms with E-state index in [1.165, 1.54) is 0 Å². The summed E-state index contributed by atoms with van der Waals surface area (Å²) in [6, 6.07) is 0. The average molecular weight is 315 g/mol. The molecule has 9 nitrogen and oxygen atoms in total. The lowest BCUT2D eigenvalue weighted by molar-refractivity contribution is -0.128. The van der Waals surface area contributed by atoms with E-state index in [4.69, 9.17) is 0 Å². The van der Waals surface area contributed by atoms with E-state index in [2.05, 4.69) is 26.6 Å². The van der Waals surface area contributed by atoms with Crippen LogP contribution in [0.4, 0.5) is 0 Å². The molecular formula is C13H25N5O4. The van der Waals surface area contributed by atoms with E-state index >= 15 is 0 Å². The smallest absolute Gasteiger partial charge is 0.239 e. The minimum Gasteiger partial charge on any atom is -0.354 e. The minimum absolute atomic E-state index is 0.110. The molecule has 0 spiro atoms. The lowest BCUT2D eigenvalue weighted by Crippen LogP contribution is -2.45. The van der Waals surface area contributed by atoms with E-state index in [1.54, 1.807) is 7.05 Å². The Kier molecular flexibility index (Phi) is 10.4. The van der Waals surface area contributed by atoms with Gasteiger partial charge < -0.3 is 26.6 Å². The molecule has 0 rings (SSSR count). The van der Waals surface area contributed by atoms with Gasteiger partial charge in [-0.15, -0.1) is 0 Å². The van der Waals surface area contributed by atoms with Crippen LogP contribution >= 0.6 is 0 Å². The Balaban J connectivity index is 3.73. The standard InChI is InChI=1S/C13H25N5O4/c1-9(2)4-15-11(20)6-17-13(22)8-18-12(21)7-16-10(19)5-14-3/h9,14H,4-8H2,1-3H3,(H,15,20)(H,16,19)(H,17,22)(H,18,21). The molecule has 0 heterocycles. The number of hydrogen-bond donors (Lipinski definition) is 5. The fourth-order valence-corrected chi connectivity index (χ4v) is 1.27. The third-order valence-electron chi connectivity index (χ3n) is 2.38. The summed E-state index contributed by atoms with van der Waals surface area (Å²) in [5.41, 5.74) is 0. The van der Waals surface area contributed by atoms with E-state index in [9.17, 15) is 19.2 Å². The summed E-state index contributed by atoms with van der Waals surface area (Å²) < 4.78 is 0. The van der Waals surface area contributed by atoms with Gasteiger partial charge in [0.15, 0.2) is 0 Å². The van der Waals surface area contributed by atoms with Gasteiger partial charge in [0.1, 0.15) is 0 Å². The third-order valence-corrected chi connectivity index (χ3v) is 2.38. The number of nitrogens with one attached hydrogen (secondary N) is 5. The molecule has 0 aliphatic rings. The zero-order chi connectivity index (χ0) is 17.0. The number of rotatable bonds is 10. The summed E-state index contributed by atoms with van der Waals surface area (Å²) >= 11 is 0. The van der Waals surface area contributed by atoms with Gasteiger partial charge in [0.05, 0.1) is 26.2 Å². The molecule has 22 heavy (non-hydrogen) atoms. The normalized spacial score (nSPS) is 10.0. The quantitative estimate of drug-likeness (QED) is 0.300. The molecule has 0 aliphatic heterocycles. The van der Waals surface area contributed by atoms with Gasteiger partial charge in [0.25, 0.3) is 0 Å². The van der Waals surface area contributed by atoms with Crippen LogP contribution in [0.1, 0.15) is 13.8 Å². The van der Waals surface area contributed by atoms with Crippen LogP contribution in [0.25, 0.3) is 0 Å². The van der Waals surface area contributed by atoms with Crippen LogP contribution in [-0.4, -0.2) is 63.4 Å². The molecule has 0 radical (unpaired) electrons. The molecule has 0 aromatic rings. The average Bonchev–Trinajstić information content (AvgIpc) is 2.46. The highest BCUT2D eigenvalue weighted by atomic mass is 16.2. The summed E-state index contributed by atoms with van der Waals surface area (Å²) in [4.78, 5) is 45.3.